The quantitative estimate of drug-likeness (QED) is 0.474. The van der Waals surface area contributed by atoms with Crippen LogP contribution in [0.1, 0.15) is 10.5 Å². The molecule has 0 aliphatic rings. The van der Waals surface area contributed by atoms with Gasteiger partial charge >= 0.3 is 0 Å². The Morgan fingerprint density at radius 2 is 1.66 bits per heavy atom. The second-order valence-corrected chi connectivity index (χ2v) is 8.01. The van der Waals surface area contributed by atoms with E-state index in [1.165, 1.54) is 28.9 Å². The van der Waals surface area contributed by atoms with Gasteiger partial charge in [-0.15, -0.1) is 0 Å². The van der Waals surface area contributed by atoms with Crippen LogP contribution in [-0.2, 0) is 10.0 Å². The fraction of sp³-hybridized carbons (Fsp3) is 0. The van der Waals surface area contributed by atoms with Crippen molar-refractivity contribution in [3.63, 3.8) is 0 Å². The van der Waals surface area contributed by atoms with Crippen molar-refractivity contribution in [2.75, 3.05) is 0 Å². The number of nitrogens with two attached hydrogens (primary N) is 2. The number of primary sulfonamides is 1. The molecule has 4 aromatic rings. The van der Waals surface area contributed by atoms with Crippen LogP contribution < -0.4 is 10.9 Å². The molecular formula is C20H16N4O4S. The third kappa shape index (κ3) is 3.44. The zero-order valence-electron chi connectivity index (χ0n) is 15.0. The Hall–Kier alpha value is -3.69. The highest BCUT2D eigenvalue weighted by Gasteiger charge is 2.17. The second kappa shape index (κ2) is 6.73. The van der Waals surface area contributed by atoms with Crippen LogP contribution in [0.5, 0.6) is 5.75 Å². The average Bonchev–Trinajstić information content (AvgIpc) is 3.06. The molecule has 0 spiro atoms. The van der Waals surface area contributed by atoms with Crippen molar-refractivity contribution < 1.29 is 18.3 Å². The SMILES string of the molecule is NC(=O)c1nn(-c2ccc(S(N)(=O)=O)cc2)c2cc(-c3cccc(O)c3)ccc12. The molecule has 29 heavy (non-hydrogen) atoms. The molecule has 0 bridgehead atoms. The van der Waals surface area contributed by atoms with E-state index >= 15 is 0 Å². The molecule has 1 heterocycles. The minimum Gasteiger partial charge on any atom is -0.508 e. The molecule has 0 unspecified atom stereocenters. The van der Waals surface area contributed by atoms with Gasteiger partial charge in [-0.1, -0.05) is 18.2 Å². The van der Waals surface area contributed by atoms with E-state index in [1.54, 1.807) is 30.3 Å². The maximum Gasteiger partial charge on any atom is 0.269 e. The van der Waals surface area contributed by atoms with Gasteiger partial charge < -0.3 is 10.8 Å². The van der Waals surface area contributed by atoms with E-state index in [2.05, 4.69) is 5.10 Å². The van der Waals surface area contributed by atoms with Crippen molar-refractivity contribution in [2.45, 2.75) is 4.90 Å². The molecule has 0 aliphatic heterocycles. The fourth-order valence-electron chi connectivity index (χ4n) is 3.14. The van der Waals surface area contributed by atoms with Gasteiger partial charge in [0, 0.05) is 5.39 Å². The number of phenolic OH excluding ortho intramolecular Hbond substituents is 1. The zero-order valence-corrected chi connectivity index (χ0v) is 15.8. The molecule has 0 fully saturated rings. The monoisotopic (exact) mass is 408 g/mol. The van der Waals surface area contributed by atoms with Crippen LogP contribution in [0.15, 0.2) is 71.6 Å². The van der Waals surface area contributed by atoms with E-state index in [0.717, 1.165) is 11.1 Å². The number of carbonyl (C=O) groups is 1. The number of primary amides is 1. The first-order valence-electron chi connectivity index (χ1n) is 8.49. The molecule has 0 aliphatic carbocycles. The number of carbonyl (C=O) groups excluding carboxylic acids is 1. The van der Waals surface area contributed by atoms with Crippen LogP contribution in [0.2, 0.25) is 0 Å². The van der Waals surface area contributed by atoms with Crippen LogP contribution in [0.4, 0.5) is 0 Å². The van der Waals surface area contributed by atoms with E-state index < -0.39 is 15.9 Å². The lowest BCUT2D eigenvalue weighted by Crippen LogP contribution is -2.13. The first kappa shape index (κ1) is 18.7. The molecule has 0 saturated heterocycles. The van der Waals surface area contributed by atoms with Crippen molar-refractivity contribution >= 4 is 26.8 Å². The predicted octanol–water partition coefficient (Wildman–Crippen LogP) is 2.14. The van der Waals surface area contributed by atoms with Gasteiger partial charge in [0.25, 0.3) is 5.91 Å². The fourth-order valence-corrected chi connectivity index (χ4v) is 3.65. The van der Waals surface area contributed by atoms with E-state index in [1.807, 2.05) is 12.1 Å². The van der Waals surface area contributed by atoms with E-state index in [-0.39, 0.29) is 16.3 Å². The molecule has 0 atom stereocenters. The molecule has 5 N–H and O–H groups in total. The number of hydrogen-bond donors (Lipinski definition) is 3. The Balaban J connectivity index is 1.93. The highest BCUT2D eigenvalue weighted by Crippen LogP contribution is 2.29. The normalized spacial score (nSPS) is 11.6. The number of rotatable bonds is 4. The van der Waals surface area contributed by atoms with E-state index in [9.17, 15) is 18.3 Å². The van der Waals surface area contributed by atoms with E-state index in [4.69, 9.17) is 10.9 Å². The Kier molecular flexibility index (Phi) is 4.33. The molecule has 1 amide bonds. The number of amides is 1. The number of sulfonamides is 1. The number of hydrogen-bond acceptors (Lipinski definition) is 5. The van der Waals surface area contributed by atoms with Crippen LogP contribution in [0.3, 0.4) is 0 Å². The van der Waals surface area contributed by atoms with Crippen molar-refractivity contribution in [2.24, 2.45) is 10.9 Å². The van der Waals surface area contributed by atoms with Crippen LogP contribution in [0, 0.1) is 0 Å². The minimum atomic E-state index is -3.83. The van der Waals surface area contributed by atoms with Gasteiger partial charge in [0.2, 0.25) is 10.0 Å². The average molecular weight is 408 g/mol. The summed E-state index contributed by atoms with van der Waals surface area (Å²) in [5.74, 6) is -0.549. The summed E-state index contributed by atoms with van der Waals surface area (Å²) in [6.45, 7) is 0. The Labute approximate surface area is 166 Å². The highest BCUT2D eigenvalue weighted by molar-refractivity contribution is 7.89. The number of aromatic nitrogens is 2. The molecular weight excluding hydrogens is 392 g/mol. The van der Waals surface area contributed by atoms with Crippen LogP contribution in [-0.4, -0.2) is 29.2 Å². The molecule has 0 radical (unpaired) electrons. The number of nitrogens with zero attached hydrogens (tertiary/aromatic N) is 2. The molecule has 9 heteroatoms. The first-order valence-corrected chi connectivity index (χ1v) is 10.0. The van der Waals surface area contributed by atoms with Crippen molar-refractivity contribution in [3.05, 3.63) is 72.4 Å². The number of aromatic hydroxyl groups is 1. The number of benzene rings is 3. The second-order valence-electron chi connectivity index (χ2n) is 6.45. The smallest absolute Gasteiger partial charge is 0.269 e. The number of phenols is 1. The van der Waals surface area contributed by atoms with Gasteiger partial charge in [0.15, 0.2) is 5.69 Å². The maximum atomic E-state index is 11.9. The van der Waals surface area contributed by atoms with Crippen LogP contribution >= 0.6 is 0 Å². The Morgan fingerprint density at radius 3 is 2.28 bits per heavy atom. The lowest BCUT2D eigenvalue weighted by Gasteiger charge is -2.07. The van der Waals surface area contributed by atoms with Gasteiger partial charge in [-0.3, -0.25) is 4.79 Å². The molecule has 0 saturated carbocycles. The topological polar surface area (TPSA) is 141 Å². The Bertz CT molecular complexity index is 1360. The summed E-state index contributed by atoms with van der Waals surface area (Å²) >= 11 is 0. The van der Waals surface area contributed by atoms with Gasteiger partial charge in [-0.2, -0.15) is 5.10 Å². The van der Waals surface area contributed by atoms with Crippen molar-refractivity contribution in [1.29, 1.82) is 0 Å². The third-order valence-corrected chi connectivity index (χ3v) is 5.43. The van der Waals surface area contributed by atoms with Crippen molar-refractivity contribution in [3.8, 4) is 22.6 Å². The summed E-state index contributed by atoms with van der Waals surface area (Å²) in [6.07, 6.45) is 0. The molecule has 1 aromatic heterocycles. The molecule has 8 nitrogen and oxygen atoms in total. The summed E-state index contributed by atoms with van der Waals surface area (Å²) in [5, 5.41) is 19.8. The molecule has 4 rings (SSSR count). The Morgan fingerprint density at radius 1 is 0.966 bits per heavy atom. The lowest BCUT2D eigenvalue weighted by molar-refractivity contribution is 0.0996. The summed E-state index contributed by atoms with van der Waals surface area (Å²) in [6, 6.07) is 17.9. The molecule has 3 aromatic carbocycles. The van der Waals surface area contributed by atoms with Gasteiger partial charge in [-0.25, -0.2) is 18.2 Å². The minimum absolute atomic E-state index is 0.0340. The van der Waals surface area contributed by atoms with Crippen LogP contribution in [0.25, 0.3) is 27.7 Å². The summed E-state index contributed by atoms with van der Waals surface area (Å²) < 4.78 is 24.5. The predicted molar refractivity (Wildman–Crippen MR) is 108 cm³/mol. The van der Waals surface area contributed by atoms with Gasteiger partial charge in [0.05, 0.1) is 16.1 Å². The first-order chi connectivity index (χ1) is 13.7. The van der Waals surface area contributed by atoms with Crippen molar-refractivity contribution in [1.82, 2.24) is 9.78 Å². The zero-order chi connectivity index (χ0) is 20.8. The lowest BCUT2D eigenvalue weighted by atomic mass is 10.0. The summed E-state index contributed by atoms with van der Waals surface area (Å²) in [7, 11) is -3.83. The maximum absolute atomic E-state index is 11.9. The largest absolute Gasteiger partial charge is 0.508 e. The summed E-state index contributed by atoms with van der Waals surface area (Å²) in [4.78, 5) is 11.8. The highest BCUT2D eigenvalue weighted by atomic mass is 32.2. The standard InChI is InChI=1S/C20H16N4O4S/c21-20(26)19-17-9-4-13(12-2-1-3-15(25)10-12)11-18(17)24(23-19)14-5-7-16(8-6-14)29(22,27)28/h1-11,25H,(H2,21,26)(H2,22,27,28). The van der Waals surface area contributed by atoms with Gasteiger partial charge in [-0.05, 0) is 59.7 Å². The number of fused-ring (bicyclic) bond motifs is 1. The third-order valence-electron chi connectivity index (χ3n) is 4.50. The summed E-state index contributed by atoms with van der Waals surface area (Å²) in [5.41, 5.74) is 8.28. The molecule has 146 valence electrons. The van der Waals surface area contributed by atoms with E-state index in [0.29, 0.717) is 16.6 Å². The van der Waals surface area contributed by atoms with Gasteiger partial charge in [0.1, 0.15) is 5.75 Å².